The highest BCUT2D eigenvalue weighted by atomic mass is 16.5. The molecule has 3 aromatic rings. The van der Waals surface area contributed by atoms with Gasteiger partial charge in [-0.3, -0.25) is 0 Å². The maximum Gasteiger partial charge on any atom is 0.222 e. The van der Waals surface area contributed by atoms with Gasteiger partial charge in [0, 0.05) is 49.8 Å². The lowest BCUT2D eigenvalue weighted by molar-refractivity contribution is 0.297. The first-order valence-electron chi connectivity index (χ1n) is 10.7. The zero-order valence-electron chi connectivity index (χ0n) is 17.8. The molecule has 2 N–H and O–H groups in total. The first-order valence-corrected chi connectivity index (χ1v) is 10.7. The Kier molecular flexibility index (Phi) is 5.34. The summed E-state index contributed by atoms with van der Waals surface area (Å²) in [5, 5.41) is 0. The Labute approximate surface area is 182 Å². The molecule has 1 saturated heterocycles. The van der Waals surface area contributed by atoms with E-state index in [0.717, 1.165) is 72.3 Å². The van der Waals surface area contributed by atoms with Crippen molar-refractivity contribution in [3.8, 4) is 22.8 Å². The third kappa shape index (κ3) is 4.14. The minimum absolute atomic E-state index is 0.296. The third-order valence-electron chi connectivity index (χ3n) is 5.87. The van der Waals surface area contributed by atoms with E-state index in [1.54, 1.807) is 0 Å². The number of nitrogens with two attached hydrogens (primary N) is 1. The van der Waals surface area contributed by atoms with Gasteiger partial charge in [0.05, 0.1) is 12.3 Å². The molecule has 0 saturated carbocycles. The van der Waals surface area contributed by atoms with Crippen molar-refractivity contribution in [2.45, 2.75) is 13.0 Å². The first-order chi connectivity index (χ1) is 15.2. The standard InChI is InChI=1S/C24H27N5O2/c1-28-10-12-29(13-11-28)23-20-9-14-30-21-15-18(31-16-17-5-3-2-4-6-17)7-8-19(21)22(20)26-24(25)27-23/h2-8,15H,9-14,16H2,1H3,(H2,25,26,27). The van der Waals surface area contributed by atoms with Crippen molar-refractivity contribution in [2.24, 2.45) is 0 Å². The molecule has 5 rings (SSSR count). The lowest BCUT2D eigenvalue weighted by atomic mass is 10.0. The van der Waals surface area contributed by atoms with Crippen molar-refractivity contribution in [2.75, 3.05) is 50.5 Å². The van der Waals surface area contributed by atoms with Crippen molar-refractivity contribution in [3.63, 3.8) is 0 Å². The van der Waals surface area contributed by atoms with E-state index in [1.807, 2.05) is 36.4 Å². The monoisotopic (exact) mass is 417 g/mol. The average Bonchev–Trinajstić information content (AvgIpc) is 2.97. The molecule has 0 spiro atoms. The van der Waals surface area contributed by atoms with E-state index < -0.39 is 0 Å². The van der Waals surface area contributed by atoms with Gasteiger partial charge in [0.1, 0.15) is 23.9 Å². The minimum Gasteiger partial charge on any atom is -0.492 e. The maximum atomic E-state index is 6.14. The summed E-state index contributed by atoms with van der Waals surface area (Å²) in [5.74, 6) is 2.78. The Balaban J connectivity index is 1.45. The molecule has 0 radical (unpaired) electrons. The largest absolute Gasteiger partial charge is 0.492 e. The summed E-state index contributed by atoms with van der Waals surface area (Å²) < 4.78 is 12.1. The molecule has 160 valence electrons. The molecule has 2 aliphatic rings. The van der Waals surface area contributed by atoms with Gasteiger partial charge in [0.25, 0.3) is 0 Å². The Morgan fingerprint density at radius 3 is 2.65 bits per heavy atom. The zero-order chi connectivity index (χ0) is 21.2. The smallest absolute Gasteiger partial charge is 0.222 e. The molecule has 7 nitrogen and oxygen atoms in total. The van der Waals surface area contributed by atoms with E-state index in [9.17, 15) is 0 Å². The van der Waals surface area contributed by atoms with Crippen LogP contribution in [0.1, 0.15) is 11.1 Å². The Morgan fingerprint density at radius 2 is 1.84 bits per heavy atom. The van der Waals surface area contributed by atoms with Crippen molar-refractivity contribution in [1.29, 1.82) is 0 Å². The lowest BCUT2D eigenvalue weighted by Gasteiger charge is -2.34. The van der Waals surface area contributed by atoms with E-state index in [0.29, 0.717) is 19.2 Å². The van der Waals surface area contributed by atoms with Gasteiger partial charge in [-0.05, 0) is 24.7 Å². The second-order valence-electron chi connectivity index (χ2n) is 8.05. The number of hydrogen-bond donors (Lipinski definition) is 1. The van der Waals surface area contributed by atoms with Gasteiger partial charge in [-0.25, -0.2) is 4.98 Å². The van der Waals surface area contributed by atoms with Crippen molar-refractivity contribution >= 4 is 11.8 Å². The highest BCUT2D eigenvalue weighted by Gasteiger charge is 2.26. The number of piperazine rings is 1. The fourth-order valence-electron chi connectivity index (χ4n) is 4.13. The van der Waals surface area contributed by atoms with Crippen LogP contribution in [0, 0.1) is 0 Å². The van der Waals surface area contributed by atoms with Crippen LogP contribution in [0.4, 0.5) is 11.8 Å². The van der Waals surface area contributed by atoms with Crippen LogP contribution in [0.5, 0.6) is 11.5 Å². The molecular formula is C24H27N5O2. The van der Waals surface area contributed by atoms with Gasteiger partial charge in [0.15, 0.2) is 0 Å². The molecule has 2 aromatic carbocycles. The number of anilines is 2. The topological polar surface area (TPSA) is 76.7 Å². The summed E-state index contributed by atoms with van der Waals surface area (Å²) in [6, 6.07) is 16.1. The molecule has 3 heterocycles. The quantitative estimate of drug-likeness (QED) is 0.699. The van der Waals surface area contributed by atoms with Crippen molar-refractivity contribution < 1.29 is 9.47 Å². The fraction of sp³-hybridized carbons (Fsp3) is 0.333. The summed E-state index contributed by atoms with van der Waals surface area (Å²) in [5.41, 5.74) is 10.2. The second-order valence-corrected chi connectivity index (χ2v) is 8.05. The SMILES string of the molecule is CN1CCN(c2nc(N)nc3c2CCOc2cc(OCc4ccccc4)ccc2-3)CC1. The van der Waals surface area contributed by atoms with Crippen LogP contribution in [0.15, 0.2) is 48.5 Å². The van der Waals surface area contributed by atoms with Gasteiger partial charge in [0.2, 0.25) is 5.95 Å². The summed E-state index contributed by atoms with van der Waals surface area (Å²) in [4.78, 5) is 13.9. The van der Waals surface area contributed by atoms with Gasteiger partial charge in [-0.2, -0.15) is 4.98 Å². The predicted molar refractivity (Wildman–Crippen MR) is 122 cm³/mol. The average molecular weight is 418 g/mol. The Morgan fingerprint density at radius 1 is 1.03 bits per heavy atom. The number of aromatic nitrogens is 2. The summed E-state index contributed by atoms with van der Waals surface area (Å²) >= 11 is 0. The Bertz CT molecular complexity index is 1070. The predicted octanol–water partition coefficient (Wildman–Crippen LogP) is 2.99. The van der Waals surface area contributed by atoms with E-state index >= 15 is 0 Å². The normalized spacial score (nSPS) is 16.1. The molecule has 0 atom stereocenters. The number of benzene rings is 2. The molecule has 1 aromatic heterocycles. The Hall–Kier alpha value is -3.32. The first kappa shape index (κ1) is 19.6. The number of rotatable bonds is 4. The van der Waals surface area contributed by atoms with E-state index in [4.69, 9.17) is 15.2 Å². The van der Waals surface area contributed by atoms with Crippen LogP contribution >= 0.6 is 0 Å². The highest BCUT2D eigenvalue weighted by molar-refractivity contribution is 5.76. The molecule has 0 aliphatic carbocycles. The number of fused-ring (bicyclic) bond motifs is 3. The van der Waals surface area contributed by atoms with Crippen molar-refractivity contribution in [1.82, 2.24) is 14.9 Å². The van der Waals surface area contributed by atoms with Crippen LogP contribution in [0.25, 0.3) is 11.3 Å². The maximum absolute atomic E-state index is 6.14. The number of nitrogen functional groups attached to an aromatic ring is 1. The number of ether oxygens (including phenoxy) is 2. The lowest BCUT2D eigenvalue weighted by Crippen LogP contribution is -2.45. The van der Waals surface area contributed by atoms with Crippen LogP contribution in [0.3, 0.4) is 0 Å². The van der Waals surface area contributed by atoms with Crippen LogP contribution in [-0.2, 0) is 13.0 Å². The highest BCUT2D eigenvalue weighted by Crippen LogP contribution is 2.40. The fourth-order valence-corrected chi connectivity index (χ4v) is 4.13. The van der Waals surface area contributed by atoms with Gasteiger partial charge in [-0.1, -0.05) is 30.3 Å². The molecule has 2 aliphatic heterocycles. The summed E-state index contributed by atoms with van der Waals surface area (Å²) in [6.45, 7) is 4.95. The van der Waals surface area contributed by atoms with Crippen LogP contribution < -0.4 is 20.1 Å². The molecular weight excluding hydrogens is 390 g/mol. The van der Waals surface area contributed by atoms with E-state index in [-0.39, 0.29) is 0 Å². The summed E-state index contributed by atoms with van der Waals surface area (Å²) in [7, 11) is 2.15. The molecule has 0 unspecified atom stereocenters. The number of nitrogens with zero attached hydrogens (tertiary/aromatic N) is 4. The zero-order valence-corrected chi connectivity index (χ0v) is 17.8. The van der Waals surface area contributed by atoms with Crippen LogP contribution in [0.2, 0.25) is 0 Å². The molecule has 0 bridgehead atoms. The minimum atomic E-state index is 0.296. The van der Waals surface area contributed by atoms with Gasteiger partial charge in [-0.15, -0.1) is 0 Å². The van der Waals surface area contributed by atoms with Crippen molar-refractivity contribution in [3.05, 3.63) is 59.7 Å². The molecule has 31 heavy (non-hydrogen) atoms. The van der Waals surface area contributed by atoms with E-state index in [2.05, 4.69) is 38.9 Å². The van der Waals surface area contributed by atoms with E-state index in [1.165, 1.54) is 0 Å². The molecule has 0 amide bonds. The number of likely N-dealkylation sites (N-methyl/N-ethyl adjacent to an activating group) is 1. The van der Waals surface area contributed by atoms with Gasteiger partial charge < -0.3 is 25.0 Å². The van der Waals surface area contributed by atoms with Gasteiger partial charge >= 0.3 is 0 Å². The third-order valence-corrected chi connectivity index (χ3v) is 5.87. The molecule has 7 heteroatoms. The molecule has 1 fully saturated rings. The summed E-state index contributed by atoms with van der Waals surface area (Å²) in [6.07, 6.45) is 0.742. The second kappa shape index (κ2) is 8.43. The van der Waals surface area contributed by atoms with Crippen LogP contribution in [-0.4, -0.2) is 54.7 Å². The number of hydrogen-bond acceptors (Lipinski definition) is 7.